The lowest BCUT2D eigenvalue weighted by molar-refractivity contribution is -0.113. The number of hydrogen-bond donors (Lipinski definition) is 2. The molecule has 0 spiro atoms. The number of anilines is 1. The third-order valence-electron chi connectivity index (χ3n) is 4.28. The second kappa shape index (κ2) is 6.16. The van der Waals surface area contributed by atoms with Gasteiger partial charge in [0.1, 0.15) is 5.65 Å². The molecular weight excluding hydrogens is 298 g/mol. The van der Waals surface area contributed by atoms with Crippen LogP contribution in [0.15, 0.2) is 72.6 Å². The Morgan fingerprint density at radius 2 is 1.92 bits per heavy atom. The van der Waals surface area contributed by atoms with Gasteiger partial charge >= 0.3 is 0 Å². The van der Waals surface area contributed by atoms with Gasteiger partial charge in [0.15, 0.2) is 0 Å². The van der Waals surface area contributed by atoms with Crippen molar-refractivity contribution >= 4 is 28.2 Å². The second-order valence-corrected chi connectivity index (χ2v) is 5.80. The number of carbonyl (C=O) groups is 1. The normalized spacial score (nSPS) is 14.2. The summed E-state index contributed by atoms with van der Waals surface area (Å²) in [6, 6.07) is 13.6. The number of fused-ring (bicyclic) bond motifs is 1. The number of nitrogens with one attached hydrogen (secondary N) is 2. The molecule has 2 aromatic heterocycles. The molecule has 2 heterocycles. The van der Waals surface area contributed by atoms with Gasteiger partial charge in [0.25, 0.3) is 5.91 Å². The van der Waals surface area contributed by atoms with E-state index in [1.165, 1.54) is 11.1 Å². The van der Waals surface area contributed by atoms with E-state index in [4.69, 9.17) is 0 Å². The minimum absolute atomic E-state index is 0.0296. The molecule has 1 aliphatic carbocycles. The Balaban J connectivity index is 1.57. The number of H-pyrrole nitrogens is 1. The van der Waals surface area contributed by atoms with Crippen LogP contribution in [0.5, 0.6) is 0 Å². The lowest BCUT2D eigenvalue weighted by Crippen LogP contribution is -2.15. The number of pyridine rings is 1. The smallest absolute Gasteiger partial charge is 0.251 e. The third kappa shape index (κ3) is 2.74. The van der Waals surface area contributed by atoms with Crippen LogP contribution < -0.4 is 5.32 Å². The molecule has 0 atom stereocenters. The van der Waals surface area contributed by atoms with Crippen molar-refractivity contribution in [2.24, 2.45) is 0 Å². The number of carbonyl (C=O) groups excluding carboxylic acids is 1. The third-order valence-corrected chi connectivity index (χ3v) is 4.28. The van der Waals surface area contributed by atoms with Gasteiger partial charge in [0, 0.05) is 29.0 Å². The van der Waals surface area contributed by atoms with Crippen molar-refractivity contribution in [3.63, 3.8) is 0 Å². The van der Waals surface area contributed by atoms with Gasteiger partial charge in [-0.3, -0.25) is 4.79 Å². The lowest BCUT2D eigenvalue weighted by Gasteiger charge is -2.15. The second-order valence-electron chi connectivity index (χ2n) is 5.80. The number of aromatic amines is 1. The minimum atomic E-state index is -0.0296. The molecule has 4 nitrogen and oxygen atoms in total. The highest BCUT2D eigenvalue weighted by molar-refractivity contribution is 6.05. The molecule has 0 radical (unpaired) electrons. The van der Waals surface area contributed by atoms with E-state index < -0.39 is 0 Å². The summed E-state index contributed by atoms with van der Waals surface area (Å²) in [5.41, 5.74) is 4.94. The number of para-hydroxylation sites is 1. The molecule has 118 valence electrons. The molecule has 0 saturated heterocycles. The fourth-order valence-corrected chi connectivity index (χ4v) is 3.02. The van der Waals surface area contributed by atoms with E-state index in [0.29, 0.717) is 0 Å². The Kier molecular flexibility index (Phi) is 3.71. The predicted molar refractivity (Wildman–Crippen MR) is 96.5 cm³/mol. The Morgan fingerprint density at radius 1 is 1.04 bits per heavy atom. The van der Waals surface area contributed by atoms with Crippen molar-refractivity contribution in [1.29, 1.82) is 0 Å². The summed E-state index contributed by atoms with van der Waals surface area (Å²) in [4.78, 5) is 19.8. The van der Waals surface area contributed by atoms with Gasteiger partial charge in [-0.1, -0.05) is 30.4 Å². The Hall–Kier alpha value is -3.14. The van der Waals surface area contributed by atoms with E-state index in [-0.39, 0.29) is 5.91 Å². The van der Waals surface area contributed by atoms with Crippen LogP contribution >= 0.6 is 0 Å². The fraction of sp³-hybridized carbons (Fsp3) is 0.100. The maximum absolute atomic E-state index is 12.4. The van der Waals surface area contributed by atoms with Crippen molar-refractivity contribution in [3.8, 4) is 0 Å². The predicted octanol–water partition coefficient (Wildman–Crippen LogP) is 4.31. The zero-order valence-corrected chi connectivity index (χ0v) is 13.1. The molecule has 4 rings (SSSR count). The number of amides is 1. The van der Waals surface area contributed by atoms with Crippen LogP contribution in [-0.2, 0) is 4.79 Å². The molecule has 0 saturated carbocycles. The number of hydrogen-bond acceptors (Lipinski definition) is 2. The van der Waals surface area contributed by atoms with Crippen LogP contribution in [-0.4, -0.2) is 15.9 Å². The maximum Gasteiger partial charge on any atom is 0.251 e. The molecule has 0 fully saturated rings. The van der Waals surface area contributed by atoms with Gasteiger partial charge in [0.05, 0.1) is 0 Å². The van der Waals surface area contributed by atoms with Crippen LogP contribution in [0.25, 0.3) is 16.6 Å². The number of nitrogens with zero attached hydrogens (tertiary/aromatic N) is 1. The zero-order chi connectivity index (χ0) is 16.4. The summed E-state index contributed by atoms with van der Waals surface area (Å²) in [5.74, 6) is -0.0296. The maximum atomic E-state index is 12.4. The molecule has 0 bridgehead atoms. The van der Waals surface area contributed by atoms with E-state index in [1.54, 1.807) is 0 Å². The molecule has 3 aromatic rings. The standard InChI is InChI=1S/C20H17N3O/c24-20(23-16-4-2-1-3-5-16)15-8-6-14(7-9-15)17-10-12-21-19-18(17)11-13-22-19/h1-6,8,10-13H,7,9H2,(H,21,22)(H,23,24). The van der Waals surface area contributed by atoms with Gasteiger partial charge in [-0.05, 0) is 48.2 Å². The van der Waals surface area contributed by atoms with Gasteiger partial charge in [0.2, 0.25) is 0 Å². The van der Waals surface area contributed by atoms with Gasteiger partial charge < -0.3 is 10.3 Å². The molecule has 1 amide bonds. The van der Waals surface area contributed by atoms with Crippen LogP contribution in [0.1, 0.15) is 18.4 Å². The van der Waals surface area contributed by atoms with Crippen LogP contribution in [0.3, 0.4) is 0 Å². The topological polar surface area (TPSA) is 57.8 Å². The van der Waals surface area contributed by atoms with Gasteiger partial charge in [-0.25, -0.2) is 4.98 Å². The monoisotopic (exact) mass is 315 g/mol. The number of benzene rings is 1. The quantitative estimate of drug-likeness (QED) is 0.757. The first-order chi connectivity index (χ1) is 11.8. The van der Waals surface area contributed by atoms with Crippen molar-refractivity contribution in [2.75, 3.05) is 5.32 Å². The number of aromatic nitrogens is 2. The first kappa shape index (κ1) is 14.5. The Bertz CT molecular complexity index is 951. The van der Waals surface area contributed by atoms with E-state index in [9.17, 15) is 4.79 Å². The minimum Gasteiger partial charge on any atom is -0.346 e. The zero-order valence-electron chi connectivity index (χ0n) is 13.1. The van der Waals surface area contributed by atoms with E-state index in [0.717, 1.165) is 35.1 Å². The average molecular weight is 315 g/mol. The first-order valence-electron chi connectivity index (χ1n) is 8.00. The summed E-state index contributed by atoms with van der Waals surface area (Å²) < 4.78 is 0. The number of allylic oxidation sites excluding steroid dienone is 3. The van der Waals surface area contributed by atoms with Gasteiger partial charge in [-0.15, -0.1) is 0 Å². The molecule has 1 aromatic carbocycles. The summed E-state index contributed by atoms with van der Waals surface area (Å²) in [5, 5.41) is 4.06. The van der Waals surface area contributed by atoms with Crippen LogP contribution in [0.2, 0.25) is 0 Å². The first-order valence-corrected chi connectivity index (χ1v) is 8.00. The van der Waals surface area contributed by atoms with Crippen LogP contribution in [0.4, 0.5) is 5.69 Å². The highest BCUT2D eigenvalue weighted by Crippen LogP contribution is 2.31. The highest BCUT2D eigenvalue weighted by atomic mass is 16.1. The van der Waals surface area contributed by atoms with E-state index in [1.807, 2.05) is 67.0 Å². The Morgan fingerprint density at radius 3 is 2.71 bits per heavy atom. The highest BCUT2D eigenvalue weighted by Gasteiger charge is 2.16. The van der Waals surface area contributed by atoms with E-state index >= 15 is 0 Å². The summed E-state index contributed by atoms with van der Waals surface area (Å²) in [6.45, 7) is 0. The molecule has 2 N–H and O–H groups in total. The summed E-state index contributed by atoms with van der Waals surface area (Å²) >= 11 is 0. The molecular formula is C20H17N3O. The molecule has 0 aliphatic heterocycles. The van der Waals surface area contributed by atoms with Crippen molar-refractivity contribution in [2.45, 2.75) is 12.8 Å². The molecule has 24 heavy (non-hydrogen) atoms. The SMILES string of the molecule is O=C(Nc1ccccc1)C1=CC=C(c2ccnc3[nH]ccc23)CC1. The van der Waals surface area contributed by atoms with E-state index in [2.05, 4.69) is 15.3 Å². The fourth-order valence-electron chi connectivity index (χ4n) is 3.02. The lowest BCUT2D eigenvalue weighted by atomic mass is 9.92. The molecule has 0 unspecified atom stereocenters. The van der Waals surface area contributed by atoms with Crippen molar-refractivity contribution < 1.29 is 4.79 Å². The van der Waals surface area contributed by atoms with Crippen molar-refractivity contribution in [3.05, 3.63) is 78.1 Å². The molecule has 1 aliphatic rings. The van der Waals surface area contributed by atoms with Gasteiger partial charge in [-0.2, -0.15) is 0 Å². The van der Waals surface area contributed by atoms with Crippen molar-refractivity contribution in [1.82, 2.24) is 9.97 Å². The summed E-state index contributed by atoms with van der Waals surface area (Å²) in [6.07, 6.45) is 9.27. The summed E-state index contributed by atoms with van der Waals surface area (Å²) in [7, 11) is 0. The van der Waals surface area contributed by atoms with Crippen LogP contribution in [0, 0.1) is 0 Å². The number of rotatable bonds is 3. The largest absolute Gasteiger partial charge is 0.346 e. The Labute approximate surface area is 139 Å². The molecule has 4 heteroatoms. The average Bonchev–Trinajstić information content (AvgIpc) is 3.11.